The van der Waals surface area contributed by atoms with Crippen molar-refractivity contribution < 1.29 is 9.53 Å². The predicted octanol–water partition coefficient (Wildman–Crippen LogP) is 4.15. The number of rotatable bonds is 6. The van der Waals surface area contributed by atoms with E-state index in [1.54, 1.807) is 36.4 Å². The summed E-state index contributed by atoms with van der Waals surface area (Å²) in [6.45, 7) is 4.26. The number of carbonyl (C=O) groups excluding carboxylic acids is 1. The zero-order chi connectivity index (χ0) is 20.1. The van der Waals surface area contributed by atoms with Gasteiger partial charge < -0.3 is 15.0 Å². The SMILES string of the molecule is Cc1cc(C)c(CNC(=O)c2ccc(COc3ccc(Cl)cc3)cc2)c(=O)[nH]1. The number of aromatic amines is 1. The van der Waals surface area contributed by atoms with Gasteiger partial charge in [0.05, 0.1) is 0 Å². The third-order valence-electron chi connectivity index (χ3n) is 4.35. The zero-order valence-corrected chi connectivity index (χ0v) is 16.5. The largest absolute Gasteiger partial charge is 0.489 e. The van der Waals surface area contributed by atoms with Gasteiger partial charge in [-0.05, 0) is 67.4 Å². The summed E-state index contributed by atoms with van der Waals surface area (Å²) in [6, 6.07) is 16.2. The lowest BCUT2D eigenvalue weighted by Gasteiger charge is -2.09. The van der Waals surface area contributed by atoms with Crippen LogP contribution in [0.4, 0.5) is 0 Å². The summed E-state index contributed by atoms with van der Waals surface area (Å²) in [5.74, 6) is 0.495. The van der Waals surface area contributed by atoms with Crippen LogP contribution in [0.5, 0.6) is 5.75 Å². The molecule has 2 N–H and O–H groups in total. The zero-order valence-electron chi connectivity index (χ0n) is 15.7. The molecule has 6 heteroatoms. The summed E-state index contributed by atoms with van der Waals surface area (Å²) in [7, 11) is 0. The number of H-pyrrole nitrogens is 1. The number of carbonyl (C=O) groups is 1. The van der Waals surface area contributed by atoms with Crippen molar-refractivity contribution in [3.63, 3.8) is 0 Å². The Morgan fingerprint density at radius 3 is 2.39 bits per heavy atom. The minimum Gasteiger partial charge on any atom is -0.489 e. The maximum absolute atomic E-state index is 12.4. The Labute approximate surface area is 168 Å². The first-order valence-corrected chi connectivity index (χ1v) is 9.25. The van der Waals surface area contributed by atoms with E-state index in [0.717, 1.165) is 22.6 Å². The molecule has 0 spiro atoms. The number of benzene rings is 2. The molecule has 0 aliphatic carbocycles. The Bertz CT molecular complexity index is 1030. The fraction of sp³-hybridized carbons (Fsp3) is 0.182. The van der Waals surface area contributed by atoms with E-state index in [1.807, 2.05) is 32.0 Å². The fourth-order valence-corrected chi connectivity index (χ4v) is 2.95. The third-order valence-corrected chi connectivity index (χ3v) is 4.61. The van der Waals surface area contributed by atoms with Crippen molar-refractivity contribution in [3.8, 4) is 5.75 Å². The van der Waals surface area contributed by atoms with Crippen LogP contribution in [0.2, 0.25) is 5.02 Å². The van der Waals surface area contributed by atoms with Crippen LogP contribution in [-0.4, -0.2) is 10.9 Å². The summed E-state index contributed by atoms with van der Waals surface area (Å²) < 4.78 is 5.69. The Morgan fingerprint density at radius 2 is 1.75 bits per heavy atom. The second-order valence-electron chi connectivity index (χ2n) is 6.57. The van der Waals surface area contributed by atoms with Crippen LogP contribution in [-0.2, 0) is 13.2 Å². The Hall–Kier alpha value is -3.05. The van der Waals surface area contributed by atoms with Crippen LogP contribution in [0, 0.1) is 13.8 Å². The normalized spacial score (nSPS) is 10.5. The lowest BCUT2D eigenvalue weighted by atomic mass is 10.1. The van der Waals surface area contributed by atoms with Gasteiger partial charge in [-0.3, -0.25) is 9.59 Å². The molecule has 0 fully saturated rings. The summed E-state index contributed by atoms with van der Waals surface area (Å²) >= 11 is 5.85. The molecule has 144 valence electrons. The number of hydrogen-bond donors (Lipinski definition) is 2. The molecule has 2 aromatic carbocycles. The minimum absolute atomic E-state index is 0.174. The monoisotopic (exact) mass is 396 g/mol. The number of hydrogen-bond acceptors (Lipinski definition) is 3. The summed E-state index contributed by atoms with van der Waals surface area (Å²) in [5.41, 5.74) is 3.51. The van der Waals surface area contributed by atoms with Crippen molar-refractivity contribution in [2.24, 2.45) is 0 Å². The fourth-order valence-electron chi connectivity index (χ4n) is 2.82. The van der Waals surface area contributed by atoms with E-state index >= 15 is 0 Å². The van der Waals surface area contributed by atoms with Crippen molar-refractivity contribution in [2.75, 3.05) is 0 Å². The molecular formula is C22H21ClN2O3. The van der Waals surface area contributed by atoms with Gasteiger partial charge >= 0.3 is 0 Å². The molecule has 0 saturated carbocycles. The molecule has 5 nitrogen and oxygen atoms in total. The van der Waals surface area contributed by atoms with Crippen LogP contribution in [0.25, 0.3) is 0 Å². The standard InChI is InChI=1S/C22H21ClN2O3/c1-14-11-15(2)25-22(27)20(14)12-24-21(26)17-5-3-16(4-6-17)13-28-19-9-7-18(23)8-10-19/h3-11H,12-13H2,1-2H3,(H,24,26)(H,25,27). The molecular weight excluding hydrogens is 376 g/mol. The van der Waals surface area contributed by atoms with Crippen LogP contribution in [0.3, 0.4) is 0 Å². The first-order chi connectivity index (χ1) is 13.4. The highest BCUT2D eigenvalue weighted by atomic mass is 35.5. The number of pyridine rings is 1. The summed E-state index contributed by atoms with van der Waals surface area (Å²) in [5, 5.41) is 3.45. The van der Waals surface area contributed by atoms with Crippen molar-refractivity contribution in [2.45, 2.75) is 27.0 Å². The minimum atomic E-state index is -0.232. The smallest absolute Gasteiger partial charge is 0.253 e. The van der Waals surface area contributed by atoms with Gasteiger partial charge in [0.15, 0.2) is 0 Å². The van der Waals surface area contributed by atoms with Gasteiger partial charge in [-0.15, -0.1) is 0 Å². The second-order valence-corrected chi connectivity index (χ2v) is 7.00. The van der Waals surface area contributed by atoms with E-state index < -0.39 is 0 Å². The molecule has 1 aromatic heterocycles. The molecule has 3 rings (SSSR count). The highest BCUT2D eigenvalue weighted by molar-refractivity contribution is 6.30. The number of aromatic nitrogens is 1. The van der Waals surface area contributed by atoms with Crippen molar-refractivity contribution in [1.82, 2.24) is 10.3 Å². The predicted molar refractivity (Wildman–Crippen MR) is 110 cm³/mol. The van der Waals surface area contributed by atoms with Gasteiger partial charge in [0.2, 0.25) is 0 Å². The lowest BCUT2D eigenvalue weighted by Crippen LogP contribution is -2.27. The van der Waals surface area contributed by atoms with Gasteiger partial charge in [0.1, 0.15) is 12.4 Å². The topological polar surface area (TPSA) is 71.2 Å². The maximum Gasteiger partial charge on any atom is 0.253 e. The van der Waals surface area contributed by atoms with Gasteiger partial charge in [0.25, 0.3) is 11.5 Å². The summed E-state index contributed by atoms with van der Waals surface area (Å²) in [6.07, 6.45) is 0. The van der Waals surface area contributed by atoms with Crippen molar-refractivity contribution >= 4 is 17.5 Å². The number of amides is 1. The molecule has 0 saturated heterocycles. The van der Waals surface area contributed by atoms with E-state index in [-0.39, 0.29) is 18.0 Å². The molecule has 0 atom stereocenters. The third kappa shape index (κ3) is 5.02. The molecule has 0 bridgehead atoms. The number of aryl methyl sites for hydroxylation is 2. The maximum atomic E-state index is 12.4. The van der Waals surface area contributed by atoms with Crippen LogP contribution < -0.4 is 15.6 Å². The van der Waals surface area contributed by atoms with Crippen LogP contribution >= 0.6 is 11.6 Å². The summed E-state index contributed by atoms with van der Waals surface area (Å²) in [4.78, 5) is 27.2. The van der Waals surface area contributed by atoms with E-state index in [2.05, 4.69) is 10.3 Å². The molecule has 0 radical (unpaired) electrons. The highest BCUT2D eigenvalue weighted by Crippen LogP contribution is 2.17. The van der Waals surface area contributed by atoms with Crippen molar-refractivity contribution in [1.29, 1.82) is 0 Å². The van der Waals surface area contributed by atoms with Crippen LogP contribution in [0.1, 0.15) is 32.7 Å². The first kappa shape index (κ1) is 19.7. The molecule has 1 heterocycles. The van der Waals surface area contributed by atoms with E-state index in [1.165, 1.54) is 0 Å². The first-order valence-electron chi connectivity index (χ1n) is 8.87. The Balaban J connectivity index is 1.58. The molecule has 3 aromatic rings. The number of nitrogens with one attached hydrogen (secondary N) is 2. The Morgan fingerprint density at radius 1 is 1.07 bits per heavy atom. The number of halogens is 1. The van der Waals surface area contributed by atoms with Gasteiger partial charge in [-0.1, -0.05) is 23.7 Å². The highest BCUT2D eigenvalue weighted by Gasteiger charge is 2.09. The van der Waals surface area contributed by atoms with Gasteiger partial charge in [0, 0.05) is 28.4 Å². The van der Waals surface area contributed by atoms with E-state index in [9.17, 15) is 9.59 Å². The van der Waals surface area contributed by atoms with Gasteiger partial charge in [-0.2, -0.15) is 0 Å². The lowest BCUT2D eigenvalue weighted by molar-refractivity contribution is 0.0950. The van der Waals surface area contributed by atoms with Crippen molar-refractivity contribution in [3.05, 3.63) is 97.9 Å². The average molecular weight is 397 g/mol. The number of ether oxygens (including phenoxy) is 1. The molecule has 0 aliphatic heterocycles. The molecule has 0 aliphatic rings. The quantitative estimate of drug-likeness (QED) is 0.657. The van der Waals surface area contributed by atoms with E-state index in [4.69, 9.17) is 16.3 Å². The second kappa shape index (κ2) is 8.76. The van der Waals surface area contributed by atoms with Crippen LogP contribution in [0.15, 0.2) is 59.4 Å². The average Bonchev–Trinajstić information content (AvgIpc) is 2.67. The van der Waals surface area contributed by atoms with E-state index in [0.29, 0.717) is 22.8 Å². The molecule has 28 heavy (non-hydrogen) atoms. The molecule has 1 amide bonds. The van der Waals surface area contributed by atoms with Gasteiger partial charge in [-0.25, -0.2) is 0 Å². The molecule has 0 unspecified atom stereocenters. The Kier molecular flexibility index (Phi) is 6.16.